The summed E-state index contributed by atoms with van der Waals surface area (Å²) in [4.78, 5) is 0. The van der Waals surface area contributed by atoms with E-state index in [0.717, 1.165) is 51.7 Å². The number of unbranched alkanes of at least 4 members (excludes halogenated alkanes) is 1. The molecule has 0 unspecified atom stereocenters. The molecule has 0 bridgehead atoms. The fourth-order valence-electron chi connectivity index (χ4n) is 2.88. The van der Waals surface area contributed by atoms with Crippen LogP contribution >= 0.6 is 0 Å². The smallest absolute Gasteiger partial charge is 0.381 e. The standard InChI is InChI=1S/C17H38O5Si/c1-7-10-12-17(15-21-8-2,16-22-9-3)13-11-14-23(18-4,19-5)20-6/h7-16H2,1-6H3. The van der Waals surface area contributed by atoms with Gasteiger partial charge in [-0.05, 0) is 33.1 Å². The molecule has 0 aromatic heterocycles. The minimum Gasteiger partial charge on any atom is -0.381 e. The molecule has 0 N–H and O–H groups in total. The van der Waals surface area contributed by atoms with Crippen LogP contribution < -0.4 is 0 Å². The van der Waals surface area contributed by atoms with Crippen molar-refractivity contribution >= 4 is 8.80 Å². The average molecular weight is 351 g/mol. The Morgan fingerprint density at radius 1 is 0.739 bits per heavy atom. The second-order valence-corrected chi connectivity index (χ2v) is 9.12. The van der Waals surface area contributed by atoms with Crippen LogP contribution in [-0.4, -0.2) is 56.6 Å². The quantitative estimate of drug-likeness (QED) is 0.395. The fraction of sp³-hybridized carbons (Fsp3) is 1.00. The molecule has 0 amide bonds. The van der Waals surface area contributed by atoms with Crippen molar-refractivity contribution < 1.29 is 22.8 Å². The van der Waals surface area contributed by atoms with Gasteiger partial charge in [-0.2, -0.15) is 0 Å². The molecule has 0 fully saturated rings. The lowest BCUT2D eigenvalue weighted by molar-refractivity contribution is -0.0286. The lowest BCUT2D eigenvalue weighted by atomic mass is 9.80. The summed E-state index contributed by atoms with van der Waals surface area (Å²) in [7, 11) is 2.52. The first kappa shape index (κ1) is 23.0. The van der Waals surface area contributed by atoms with Crippen LogP contribution in [0.3, 0.4) is 0 Å². The van der Waals surface area contributed by atoms with E-state index in [-0.39, 0.29) is 5.41 Å². The molecule has 0 saturated carbocycles. The van der Waals surface area contributed by atoms with E-state index in [2.05, 4.69) is 6.92 Å². The van der Waals surface area contributed by atoms with Crippen LogP contribution in [0.1, 0.15) is 52.9 Å². The van der Waals surface area contributed by atoms with Crippen molar-refractivity contribution in [3.05, 3.63) is 0 Å². The van der Waals surface area contributed by atoms with Crippen LogP contribution in [0.5, 0.6) is 0 Å². The Hall–Kier alpha value is 0.0169. The van der Waals surface area contributed by atoms with Gasteiger partial charge < -0.3 is 22.8 Å². The van der Waals surface area contributed by atoms with Crippen molar-refractivity contribution in [2.24, 2.45) is 5.41 Å². The largest absolute Gasteiger partial charge is 0.500 e. The SMILES string of the molecule is CCCCC(CCC[Si](OC)(OC)OC)(COCC)COCC. The maximum Gasteiger partial charge on any atom is 0.500 e. The fourth-order valence-corrected chi connectivity index (χ4v) is 4.60. The van der Waals surface area contributed by atoms with Gasteiger partial charge in [0.15, 0.2) is 0 Å². The lowest BCUT2D eigenvalue weighted by Crippen LogP contribution is -2.43. The van der Waals surface area contributed by atoms with Gasteiger partial charge in [0.05, 0.1) is 13.2 Å². The van der Waals surface area contributed by atoms with Gasteiger partial charge in [-0.15, -0.1) is 0 Å². The topological polar surface area (TPSA) is 46.2 Å². The molecule has 0 aromatic carbocycles. The van der Waals surface area contributed by atoms with Gasteiger partial charge in [0.2, 0.25) is 0 Å². The van der Waals surface area contributed by atoms with Gasteiger partial charge in [0.25, 0.3) is 0 Å². The molecule has 0 heterocycles. The second kappa shape index (κ2) is 13.3. The van der Waals surface area contributed by atoms with Gasteiger partial charge in [-0.25, -0.2) is 0 Å². The summed E-state index contributed by atoms with van der Waals surface area (Å²) < 4.78 is 28.2. The Morgan fingerprint density at radius 2 is 1.22 bits per heavy atom. The van der Waals surface area contributed by atoms with Gasteiger partial charge in [-0.3, -0.25) is 0 Å². The van der Waals surface area contributed by atoms with E-state index in [1.54, 1.807) is 21.3 Å². The average Bonchev–Trinajstić information content (AvgIpc) is 2.60. The van der Waals surface area contributed by atoms with E-state index in [4.69, 9.17) is 22.8 Å². The molecular formula is C17H38O5Si. The Kier molecular flexibility index (Phi) is 13.3. The number of hydrogen-bond donors (Lipinski definition) is 0. The van der Waals surface area contributed by atoms with Crippen molar-refractivity contribution in [2.45, 2.75) is 58.9 Å². The van der Waals surface area contributed by atoms with Crippen molar-refractivity contribution in [3.8, 4) is 0 Å². The van der Waals surface area contributed by atoms with Crippen LogP contribution in [0.25, 0.3) is 0 Å². The summed E-state index contributed by atoms with van der Waals surface area (Å²) >= 11 is 0. The van der Waals surface area contributed by atoms with Crippen molar-refractivity contribution in [3.63, 3.8) is 0 Å². The molecule has 0 radical (unpaired) electrons. The minimum atomic E-state index is -2.49. The molecule has 0 aromatic rings. The highest BCUT2D eigenvalue weighted by Gasteiger charge is 2.39. The van der Waals surface area contributed by atoms with E-state index >= 15 is 0 Å². The molecule has 5 nitrogen and oxygen atoms in total. The maximum absolute atomic E-state index is 5.79. The van der Waals surface area contributed by atoms with E-state index in [1.807, 2.05) is 13.8 Å². The first-order chi connectivity index (χ1) is 11.1. The number of ether oxygens (including phenoxy) is 2. The summed E-state index contributed by atoms with van der Waals surface area (Å²) in [6.07, 6.45) is 5.54. The van der Waals surface area contributed by atoms with Crippen molar-refractivity contribution in [1.82, 2.24) is 0 Å². The molecule has 6 heteroatoms. The van der Waals surface area contributed by atoms with Crippen LogP contribution in [0.15, 0.2) is 0 Å². The molecule has 0 saturated heterocycles. The normalized spacial score (nSPS) is 12.8. The first-order valence-electron chi connectivity index (χ1n) is 8.88. The lowest BCUT2D eigenvalue weighted by Gasteiger charge is -2.34. The summed E-state index contributed by atoms with van der Waals surface area (Å²) in [5.74, 6) is 0. The van der Waals surface area contributed by atoms with Crippen molar-refractivity contribution in [1.29, 1.82) is 0 Å². The highest BCUT2D eigenvalue weighted by molar-refractivity contribution is 6.60. The molecule has 0 rings (SSSR count). The summed E-state index contributed by atoms with van der Waals surface area (Å²) in [6.45, 7) is 9.31. The van der Waals surface area contributed by atoms with Crippen LogP contribution in [0.4, 0.5) is 0 Å². The van der Waals surface area contributed by atoms with Gasteiger partial charge in [0.1, 0.15) is 0 Å². The van der Waals surface area contributed by atoms with Gasteiger partial charge in [-0.1, -0.05) is 19.8 Å². The van der Waals surface area contributed by atoms with Gasteiger partial charge >= 0.3 is 8.80 Å². The summed E-state index contributed by atoms with van der Waals surface area (Å²) in [5.41, 5.74) is 0.0807. The molecule has 0 aliphatic carbocycles. The zero-order valence-electron chi connectivity index (χ0n) is 16.1. The number of rotatable bonds is 16. The molecule has 0 aliphatic heterocycles. The maximum atomic E-state index is 5.79. The molecule has 0 aliphatic rings. The van der Waals surface area contributed by atoms with Crippen LogP contribution in [-0.2, 0) is 22.8 Å². The molecule has 23 heavy (non-hydrogen) atoms. The summed E-state index contributed by atoms with van der Waals surface area (Å²) in [5, 5.41) is 0. The van der Waals surface area contributed by atoms with E-state index < -0.39 is 8.80 Å². The minimum absolute atomic E-state index is 0.0807. The van der Waals surface area contributed by atoms with E-state index in [1.165, 1.54) is 12.8 Å². The second-order valence-electron chi connectivity index (χ2n) is 6.03. The highest BCUT2D eigenvalue weighted by atomic mass is 28.4. The van der Waals surface area contributed by atoms with E-state index in [0.29, 0.717) is 0 Å². The molecular weight excluding hydrogens is 312 g/mol. The van der Waals surface area contributed by atoms with Crippen LogP contribution in [0, 0.1) is 5.41 Å². The van der Waals surface area contributed by atoms with Gasteiger partial charge in [0, 0.05) is 46.0 Å². The molecule has 140 valence electrons. The first-order valence-corrected chi connectivity index (χ1v) is 10.8. The van der Waals surface area contributed by atoms with E-state index in [9.17, 15) is 0 Å². The zero-order valence-corrected chi connectivity index (χ0v) is 17.1. The number of hydrogen-bond acceptors (Lipinski definition) is 5. The third-order valence-corrected chi connectivity index (χ3v) is 7.24. The van der Waals surface area contributed by atoms with Crippen LogP contribution in [0.2, 0.25) is 6.04 Å². The predicted octanol–water partition coefficient (Wildman–Crippen LogP) is 3.89. The Bertz CT molecular complexity index is 242. The third kappa shape index (κ3) is 8.61. The highest BCUT2D eigenvalue weighted by Crippen LogP contribution is 2.33. The Balaban J connectivity index is 4.80. The zero-order chi connectivity index (χ0) is 17.6. The Labute approximate surface area is 144 Å². The third-order valence-electron chi connectivity index (χ3n) is 4.41. The predicted molar refractivity (Wildman–Crippen MR) is 95.8 cm³/mol. The Morgan fingerprint density at radius 3 is 1.61 bits per heavy atom. The van der Waals surface area contributed by atoms with Crippen molar-refractivity contribution in [2.75, 3.05) is 47.8 Å². The monoisotopic (exact) mass is 350 g/mol. The summed E-state index contributed by atoms with van der Waals surface area (Å²) in [6, 6.07) is 0.822. The molecule has 0 spiro atoms. The molecule has 0 atom stereocenters.